The second-order valence-electron chi connectivity index (χ2n) is 8.02. The molecule has 2 saturated heterocycles. The maximum Gasteiger partial charge on any atom is 0.295 e. The van der Waals surface area contributed by atoms with Crippen molar-refractivity contribution < 1.29 is 14.4 Å². The number of rotatable bonds is 3. The molecule has 2 aliphatic rings. The Balaban J connectivity index is 1.68. The first kappa shape index (κ1) is 19.9. The smallest absolute Gasteiger partial charge is 0.295 e. The summed E-state index contributed by atoms with van der Waals surface area (Å²) in [4.78, 5) is 45.0. The average Bonchev–Trinajstić information content (AvgIpc) is 3.37. The van der Waals surface area contributed by atoms with Crippen LogP contribution in [0.1, 0.15) is 47.4 Å². The van der Waals surface area contributed by atoms with Gasteiger partial charge in [-0.05, 0) is 38.8 Å². The quantitative estimate of drug-likeness (QED) is 0.594. The van der Waals surface area contributed by atoms with Gasteiger partial charge in [0.2, 0.25) is 0 Å². The number of carbonyl (C=O) groups excluding carboxylic acids is 3. The van der Waals surface area contributed by atoms with Gasteiger partial charge in [0.1, 0.15) is 0 Å². The fourth-order valence-corrected chi connectivity index (χ4v) is 4.38. The molecular weight excluding hydrogens is 392 g/mol. The number of carbonyl (C=O) groups is 3. The molecule has 0 unspecified atom stereocenters. The number of benzene rings is 1. The number of nitrogens with zero attached hydrogens (tertiary/aromatic N) is 2. The number of ketones is 1. The minimum absolute atomic E-state index is 0.0366. The summed E-state index contributed by atoms with van der Waals surface area (Å²) in [5, 5.41) is 4.23. The number of aromatic nitrogens is 1. The summed E-state index contributed by atoms with van der Waals surface area (Å²) in [7, 11) is 0. The van der Waals surface area contributed by atoms with Crippen molar-refractivity contribution >= 4 is 40.1 Å². The number of nitrogens with one attached hydrogen (secondary N) is 2. The van der Waals surface area contributed by atoms with Crippen LogP contribution in [0.25, 0.3) is 10.9 Å². The van der Waals surface area contributed by atoms with E-state index in [1.165, 1.54) is 6.20 Å². The van der Waals surface area contributed by atoms with Gasteiger partial charge in [0.15, 0.2) is 0 Å². The first-order valence-electron chi connectivity index (χ1n) is 10.1. The molecule has 4 rings (SSSR count). The average molecular weight is 417 g/mol. The van der Waals surface area contributed by atoms with Crippen molar-refractivity contribution in [3.63, 3.8) is 0 Å². The van der Waals surface area contributed by atoms with Crippen molar-refractivity contribution in [1.29, 1.82) is 0 Å². The zero-order valence-electron chi connectivity index (χ0n) is 16.6. The van der Waals surface area contributed by atoms with Crippen LogP contribution < -0.4 is 5.32 Å². The minimum Gasteiger partial charge on any atom is -0.360 e. The van der Waals surface area contributed by atoms with Crippen molar-refractivity contribution in [2.24, 2.45) is 0 Å². The Morgan fingerprint density at radius 2 is 1.83 bits per heavy atom. The van der Waals surface area contributed by atoms with E-state index >= 15 is 0 Å². The molecule has 1 aromatic carbocycles. The summed E-state index contributed by atoms with van der Waals surface area (Å²) in [5.74, 6) is -1.21. The van der Waals surface area contributed by atoms with Crippen molar-refractivity contribution in [2.75, 3.05) is 26.2 Å². The number of aromatic amines is 1. The van der Waals surface area contributed by atoms with E-state index in [4.69, 9.17) is 11.6 Å². The largest absolute Gasteiger partial charge is 0.360 e. The van der Waals surface area contributed by atoms with Crippen LogP contribution in [0.3, 0.4) is 0 Å². The molecule has 154 valence electrons. The number of hydrogen-bond donors (Lipinski definition) is 2. The zero-order valence-corrected chi connectivity index (χ0v) is 17.4. The SMILES string of the molecule is C[C@@H]1CN[C@@H](C)CN1C(=O)c1cc2c(C(=O)C(=O)N3CCCC3)c[nH]c2cc1Cl. The summed E-state index contributed by atoms with van der Waals surface area (Å²) in [6.45, 7) is 6.54. The zero-order chi connectivity index (χ0) is 20.7. The third-order valence-electron chi connectivity index (χ3n) is 5.86. The van der Waals surface area contributed by atoms with Crippen LogP contribution >= 0.6 is 11.6 Å². The van der Waals surface area contributed by atoms with Gasteiger partial charge in [-0.15, -0.1) is 0 Å². The minimum atomic E-state index is -0.553. The molecule has 2 atom stereocenters. The molecule has 0 radical (unpaired) electrons. The van der Waals surface area contributed by atoms with Crippen LogP contribution in [-0.2, 0) is 4.79 Å². The van der Waals surface area contributed by atoms with Gasteiger partial charge < -0.3 is 20.1 Å². The Bertz CT molecular complexity index is 980. The van der Waals surface area contributed by atoms with E-state index in [1.54, 1.807) is 21.9 Å². The maximum absolute atomic E-state index is 13.2. The van der Waals surface area contributed by atoms with Crippen molar-refractivity contribution in [1.82, 2.24) is 20.1 Å². The van der Waals surface area contributed by atoms with E-state index in [0.717, 1.165) is 12.8 Å². The maximum atomic E-state index is 13.2. The van der Waals surface area contributed by atoms with Gasteiger partial charge in [0.25, 0.3) is 17.6 Å². The van der Waals surface area contributed by atoms with Gasteiger partial charge in [0.05, 0.1) is 16.1 Å². The van der Waals surface area contributed by atoms with Crippen LogP contribution in [-0.4, -0.2) is 70.6 Å². The van der Waals surface area contributed by atoms with Crippen LogP contribution in [0.4, 0.5) is 0 Å². The van der Waals surface area contributed by atoms with Gasteiger partial charge in [-0.25, -0.2) is 0 Å². The number of halogens is 1. The first-order chi connectivity index (χ1) is 13.9. The molecule has 2 fully saturated rings. The summed E-state index contributed by atoms with van der Waals surface area (Å²) < 4.78 is 0. The Morgan fingerprint density at radius 1 is 1.10 bits per heavy atom. The highest BCUT2D eigenvalue weighted by atomic mass is 35.5. The highest BCUT2D eigenvalue weighted by Gasteiger charge is 2.31. The Kier molecular flexibility index (Phi) is 5.36. The molecular formula is C21H25ClN4O3. The fraction of sp³-hybridized carbons (Fsp3) is 0.476. The van der Waals surface area contributed by atoms with Gasteiger partial charge >= 0.3 is 0 Å². The van der Waals surface area contributed by atoms with Crippen molar-refractivity contribution in [2.45, 2.75) is 38.8 Å². The van der Waals surface area contributed by atoms with Crippen molar-refractivity contribution in [3.05, 3.63) is 34.5 Å². The monoisotopic (exact) mass is 416 g/mol. The molecule has 0 spiro atoms. The topological polar surface area (TPSA) is 85.5 Å². The second kappa shape index (κ2) is 7.80. The van der Waals surface area contributed by atoms with Crippen LogP contribution in [0.5, 0.6) is 0 Å². The third kappa shape index (κ3) is 3.65. The van der Waals surface area contributed by atoms with E-state index in [-0.39, 0.29) is 23.6 Å². The van der Waals surface area contributed by atoms with Gasteiger partial charge in [-0.2, -0.15) is 0 Å². The summed E-state index contributed by atoms with van der Waals surface area (Å²) in [6, 6.07) is 3.52. The number of likely N-dealkylation sites (tertiary alicyclic amines) is 1. The molecule has 0 saturated carbocycles. The number of piperazine rings is 1. The lowest BCUT2D eigenvalue weighted by atomic mass is 10.0. The highest BCUT2D eigenvalue weighted by Crippen LogP contribution is 2.29. The molecule has 0 aliphatic carbocycles. The number of hydrogen-bond acceptors (Lipinski definition) is 4. The van der Waals surface area contributed by atoms with E-state index in [2.05, 4.69) is 10.3 Å². The predicted molar refractivity (Wildman–Crippen MR) is 111 cm³/mol. The molecule has 8 heteroatoms. The normalized spacial score (nSPS) is 22.3. The Morgan fingerprint density at radius 3 is 2.55 bits per heavy atom. The molecule has 1 aromatic heterocycles. The molecule has 2 amide bonds. The summed E-state index contributed by atoms with van der Waals surface area (Å²) >= 11 is 6.41. The number of Topliss-reactive ketones (excluding diaryl/α,β-unsaturated/α-hetero) is 1. The lowest BCUT2D eigenvalue weighted by Gasteiger charge is -2.37. The van der Waals surface area contributed by atoms with Crippen LogP contribution in [0.2, 0.25) is 5.02 Å². The lowest BCUT2D eigenvalue weighted by Crippen LogP contribution is -2.56. The van der Waals surface area contributed by atoms with Crippen molar-refractivity contribution in [3.8, 4) is 0 Å². The van der Waals surface area contributed by atoms with Crippen LogP contribution in [0.15, 0.2) is 18.3 Å². The van der Waals surface area contributed by atoms with Gasteiger partial charge in [0, 0.05) is 55.4 Å². The number of H-pyrrole nitrogens is 1. The Hall–Kier alpha value is -2.38. The molecule has 7 nitrogen and oxygen atoms in total. The van der Waals surface area contributed by atoms with Crippen LogP contribution in [0, 0.1) is 0 Å². The number of amides is 2. The molecule has 29 heavy (non-hydrogen) atoms. The number of fused-ring (bicyclic) bond motifs is 1. The molecule has 0 bridgehead atoms. The van der Waals surface area contributed by atoms with E-state index in [0.29, 0.717) is 47.7 Å². The van der Waals surface area contributed by atoms with E-state index in [1.807, 2.05) is 13.8 Å². The Labute approximate surface area is 174 Å². The summed E-state index contributed by atoms with van der Waals surface area (Å²) in [5.41, 5.74) is 1.26. The molecule has 3 heterocycles. The van der Waals surface area contributed by atoms with E-state index in [9.17, 15) is 14.4 Å². The van der Waals surface area contributed by atoms with Gasteiger partial charge in [-0.1, -0.05) is 11.6 Å². The summed E-state index contributed by atoms with van der Waals surface area (Å²) in [6.07, 6.45) is 3.37. The predicted octanol–water partition coefficient (Wildman–Crippen LogP) is 2.45. The molecule has 2 aromatic rings. The molecule has 2 N–H and O–H groups in total. The second-order valence-corrected chi connectivity index (χ2v) is 8.43. The lowest BCUT2D eigenvalue weighted by molar-refractivity contribution is -0.125. The first-order valence-corrected chi connectivity index (χ1v) is 10.4. The highest BCUT2D eigenvalue weighted by molar-refractivity contribution is 6.45. The van der Waals surface area contributed by atoms with Gasteiger partial charge in [-0.3, -0.25) is 14.4 Å². The standard InChI is InChI=1S/C21H25ClN4O3/c1-12-11-26(13(2)9-23-12)20(28)15-7-14-16(10-24-18(14)8-17(15)22)19(27)21(29)25-5-3-4-6-25/h7-8,10,12-13,23-24H,3-6,9,11H2,1-2H3/t12-,13+/m0/s1. The third-order valence-corrected chi connectivity index (χ3v) is 6.17. The molecule has 2 aliphatic heterocycles. The fourth-order valence-electron chi connectivity index (χ4n) is 4.13. The van der Waals surface area contributed by atoms with E-state index < -0.39 is 11.7 Å².